The van der Waals surface area contributed by atoms with Crippen LogP contribution in [0.1, 0.15) is 40.2 Å². The Morgan fingerprint density at radius 1 is 1.19 bits per heavy atom. The fourth-order valence-corrected chi connectivity index (χ4v) is 1.79. The molecule has 1 rings (SSSR count). The lowest BCUT2D eigenvalue weighted by molar-refractivity contribution is 0.217. The Labute approximate surface area is 136 Å². The lowest BCUT2D eigenvalue weighted by Gasteiger charge is -2.21. The molecule has 2 nitrogen and oxygen atoms in total. The summed E-state index contributed by atoms with van der Waals surface area (Å²) in [5, 5.41) is 0.669. The number of likely N-dealkylation sites (N-methyl/N-ethyl adjacent to an activating group) is 1. The van der Waals surface area contributed by atoms with Gasteiger partial charge in [-0.1, -0.05) is 57.5 Å². The van der Waals surface area contributed by atoms with Crippen LogP contribution in [0.15, 0.2) is 30.4 Å². The zero-order valence-corrected chi connectivity index (χ0v) is 15.7. The van der Waals surface area contributed by atoms with Crippen LogP contribution in [0.2, 0.25) is 5.02 Å². The highest BCUT2D eigenvalue weighted by molar-refractivity contribution is 6.32. The van der Waals surface area contributed by atoms with Crippen molar-refractivity contribution in [3.05, 3.63) is 40.9 Å². The minimum Gasteiger partial charge on any atom is -0.490 e. The predicted octanol–water partition coefficient (Wildman–Crippen LogP) is 5.59. The van der Waals surface area contributed by atoms with Crippen molar-refractivity contribution in [3.63, 3.8) is 0 Å². The molecule has 1 aromatic rings. The van der Waals surface area contributed by atoms with Gasteiger partial charge in [0, 0.05) is 0 Å². The monoisotopic (exact) mass is 313 g/mol. The van der Waals surface area contributed by atoms with Crippen LogP contribution < -0.4 is 4.74 Å². The van der Waals surface area contributed by atoms with Crippen LogP contribution >= 0.6 is 11.6 Å². The zero-order chi connectivity index (χ0) is 16.8. The van der Waals surface area contributed by atoms with E-state index >= 15 is 0 Å². The molecule has 3 heteroatoms. The first-order valence-corrected chi connectivity index (χ1v) is 8.10. The van der Waals surface area contributed by atoms with Crippen molar-refractivity contribution in [3.8, 4) is 5.75 Å². The van der Waals surface area contributed by atoms with Crippen LogP contribution in [0.25, 0.3) is 0 Å². The highest BCUT2D eigenvalue weighted by Gasteiger charge is 2.09. The van der Waals surface area contributed by atoms with Crippen molar-refractivity contribution < 1.29 is 4.74 Å². The Balaban J connectivity index is 0. The molecular weight excluding hydrogens is 282 g/mol. The van der Waals surface area contributed by atoms with Crippen molar-refractivity contribution in [1.82, 2.24) is 4.90 Å². The molecule has 1 unspecified atom stereocenters. The molecule has 0 heterocycles. The summed E-state index contributed by atoms with van der Waals surface area (Å²) in [6.07, 6.45) is 4.15. The van der Waals surface area contributed by atoms with E-state index in [0.29, 0.717) is 11.6 Å². The van der Waals surface area contributed by atoms with E-state index in [0.717, 1.165) is 11.3 Å². The fourth-order valence-electron chi connectivity index (χ4n) is 1.50. The molecule has 1 aromatic carbocycles. The zero-order valence-electron chi connectivity index (χ0n) is 14.9. The first-order valence-electron chi connectivity index (χ1n) is 7.72. The van der Waals surface area contributed by atoms with E-state index < -0.39 is 0 Å². The third-order valence-electron chi connectivity index (χ3n) is 2.57. The van der Waals surface area contributed by atoms with Crippen molar-refractivity contribution in [1.29, 1.82) is 0 Å². The van der Waals surface area contributed by atoms with Crippen molar-refractivity contribution in [2.45, 2.75) is 47.6 Å². The van der Waals surface area contributed by atoms with Gasteiger partial charge >= 0.3 is 0 Å². The summed E-state index contributed by atoms with van der Waals surface area (Å²) in [7, 11) is 4.07. The van der Waals surface area contributed by atoms with E-state index in [9.17, 15) is 0 Å². The molecule has 1 atom stereocenters. The number of allylic oxidation sites excluding steroid dienone is 1. The Bertz CT molecular complexity index is 389. The molecule has 0 saturated heterocycles. The van der Waals surface area contributed by atoms with Crippen LogP contribution in [0.4, 0.5) is 0 Å². The van der Waals surface area contributed by atoms with Gasteiger partial charge < -0.3 is 4.74 Å². The maximum atomic E-state index is 6.11. The minimum atomic E-state index is 0.261. The predicted molar refractivity (Wildman–Crippen MR) is 96.7 cm³/mol. The SMILES string of the molecule is C/C=C\C(COc1ccc(C)cc1Cl)N(C)C.CC.CC. The molecule has 0 bridgehead atoms. The molecule has 0 saturated carbocycles. The van der Waals surface area contributed by atoms with Gasteiger partial charge in [-0.2, -0.15) is 0 Å². The maximum Gasteiger partial charge on any atom is 0.138 e. The third-order valence-corrected chi connectivity index (χ3v) is 2.87. The molecule has 0 fully saturated rings. The minimum absolute atomic E-state index is 0.261. The summed E-state index contributed by atoms with van der Waals surface area (Å²) in [6.45, 7) is 12.6. The van der Waals surface area contributed by atoms with Crippen LogP contribution in [-0.2, 0) is 0 Å². The number of hydrogen-bond acceptors (Lipinski definition) is 2. The number of ether oxygens (including phenoxy) is 1. The van der Waals surface area contributed by atoms with E-state index in [-0.39, 0.29) is 6.04 Å². The summed E-state index contributed by atoms with van der Waals surface area (Å²) >= 11 is 6.11. The first-order chi connectivity index (χ1) is 10.0. The van der Waals surface area contributed by atoms with Crippen molar-refractivity contribution >= 4 is 11.6 Å². The van der Waals surface area contributed by atoms with Gasteiger partial charge in [0.15, 0.2) is 0 Å². The molecule has 21 heavy (non-hydrogen) atoms. The Hall–Kier alpha value is -0.990. The summed E-state index contributed by atoms with van der Waals surface area (Å²) in [6, 6.07) is 6.09. The summed E-state index contributed by atoms with van der Waals surface area (Å²) in [5.74, 6) is 0.744. The molecule has 0 N–H and O–H groups in total. The number of halogens is 1. The van der Waals surface area contributed by atoms with Gasteiger partial charge in [-0.3, -0.25) is 4.90 Å². The van der Waals surface area contributed by atoms with Crippen molar-refractivity contribution in [2.75, 3.05) is 20.7 Å². The van der Waals surface area contributed by atoms with Gasteiger partial charge in [0.05, 0.1) is 11.1 Å². The molecule has 0 amide bonds. The highest BCUT2D eigenvalue weighted by Crippen LogP contribution is 2.25. The van der Waals surface area contributed by atoms with E-state index in [1.165, 1.54) is 0 Å². The Morgan fingerprint density at radius 2 is 1.76 bits per heavy atom. The second-order valence-electron chi connectivity index (χ2n) is 4.30. The van der Waals surface area contributed by atoms with Crippen molar-refractivity contribution in [2.24, 2.45) is 0 Å². The van der Waals surface area contributed by atoms with E-state index in [1.54, 1.807) is 0 Å². The van der Waals surface area contributed by atoms with Gasteiger partial charge in [0.2, 0.25) is 0 Å². The second kappa shape index (κ2) is 14.0. The Morgan fingerprint density at radius 3 is 2.19 bits per heavy atom. The first kappa shape index (κ1) is 22.3. The lowest BCUT2D eigenvalue weighted by Crippen LogP contribution is -2.31. The normalized spacial score (nSPS) is 11.3. The van der Waals surface area contributed by atoms with Crippen LogP contribution in [0.3, 0.4) is 0 Å². The van der Waals surface area contributed by atoms with Crippen LogP contribution in [0, 0.1) is 6.92 Å². The molecule has 0 aliphatic rings. The van der Waals surface area contributed by atoms with E-state index in [2.05, 4.69) is 11.0 Å². The van der Waals surface area contributed by atoms with E-state index in [4.69, 9.17) is 16.3 Å². The molecule has 0 aliphatic heterocycles. The number of rotatable bonds is 5. The van der Waals surface area contributed by atoms with Gasteiger partial charge in [-0.05, 0) is 45.6 Å². The quantitative estimate of drug-likeness (QED) is 0.657. The van der Waals surface area contributed by atoms with E-state index in [1.807, 2.05) is 79.9 Å². The number of hydrogen-bond donors (Lipinski definition) is 0. The molecule has 0 spiro atoms. The average Bonchev–Trinajstić information content (AvgIpc) is 2.49. The maximum absolute atomic E-state index is 6.11. The van der Waals surface area contributed by atoms with Crippen LogP contribution in [0.5, 0.6) is 5.75 Å². The standard InChI is InChI=1S/C14H20ClNO.2C2H6/c1-5-6-12(16(3)4)10-17-14-8-7-11(2)9-13(14)15;2*1-2/h5-9,12H,10H2,1-4H3;2*1-2H3/b6-5-;;. The number of nitrogens with zero attached hydrogens (tertiary/aromatic N) is 1. The molecule has 0 aromatic heterocycles. The number of aryl methyl sites for hydroxylation is 1. The Kier molecular flexibility index (Phi) is 14.8. The largest absolute Gasteiger partial charge is 0.490 e. The van der Waals surface area contributed by atoms with Gasteiger partial charge in [-0.25, -0.2) is 0 Å². The smallest absolute Gasteiger partial charge is 0.138 e. The van der Waals surface area contributed by atoms with Gasteiger partial charge in [0.1, 0.15) is 12.4 Å². The number of benzene rings is 1. The summed E-state index contributed by atoms with van der Waals surface area (Å²) in [5.41, 5.74) is 1.14. The van der Waals surface area contributed by atoms with Gasteiger partial charge in [-0.15, -0.1) is 0 Å². The second-order valence-corrected chi connectivity index (χ2v) is 4.71. The summed E-state index contributed by atoms with van der Waals surface area (Å²) in [4.78, 5) is 2.11. The molecule has 0 radical (unpaired) electrons. The molecule has 0 aliphatic carbocycles. The van der Waals surface area contributed by atoms with Crippen LogP contribution in [-0.4, -0.2) is 31.6 Å². The topological polar surface area (TPSA) is 12.5 Å². The highest BCUT2D eigenvalue weighted by atomic mass is 35.5. The molecule has 122 valence electrons. The van der Waals surface area contributed by atoms with Gasteiger partial charge in [0.25, 0.3) is 0 Å². The lowest BCUT2D eigenvalue weighted by atomic mass is 10.2. The third kappa shape index (κ3) is 9.54. The molecular formula is C18H32ClNO. The average molecular weight is 314 g/mol. The summed E-state index contributed by atoms with van der Waals surface area (Å²) < 4.78 is 5.74. The fraction of sp³-hybridized carbons (Fsp3) is 0.556.